The fourth-order valence-electron chi connectivity index (χ4n) is 4.94. The number of carbonyl (C=O) groups is 2. The van der Waals surface area contributed by atoms with E-state index in [0.29, 0.717) is 24.5 Å². The average molecular weight is 604 g/mol. The predicted octanol–water partition coefficient (Wildman–Crippen LogP) is 6.81. The highest BCUT2D eigenvalue weighted by molar-refractivity contribution is 6.23. The first-order valence-corrected chi connectivity index (χ1v) is 14.9. The third-order valence-corrected chi connectivity index (χ3v) is 7.29. The third-order valence-electron chi connectivity index (χ3n) is 7.29. The summed E-state index contributed by atoms with van der Waals surface area (Å²) in [6.45, 7) is 2.60. The first-order valence-electron chi connectivity index (χ1n) is 14.9. The normalized spacial score (nSPS) is 18.0. The quantitative estimate of drug-likeness (QED) is 0.0969. The van der Waals surface area contributed by atoms with E-state index in [1.54, 1.807) is 18.4 Å². The van der Waals surface area contributed by atoms with E-state index in [-0.39, 0.29) is 24.6 Å². The van der Waals surface area contributed by atoms with Crippen LogP contribution in [-0.2, 0) is 48.4 Å². The first-order chi connectivity index (χ1) is 22.1. The van der Waals surface area contributed by atoms with Gasteiger partial charge in [-0.25, -0.2) is 0 Å². The number of para-hydroxylation sites is 1. The van der Waals surface area contributed by atoms with Crippen LogP contribution in [0.4, 0.5) is 5.69 Å². The van der Waals surface area contributed by atoms with E-state index in [0.717, 1.165) is 16.7 Å². The van der Waals surface area contributed by atoms with Crippen molar-refractivity contribution < 1.29 is 28.5 Å². The Labute approximate surface area is 264 Å². The Morgan fingerprint density at radius 2 is 1.22 bits per heavy atom. The molecule has 4 aromatic carbocycles. The molecule has 1 aliphatic heterocycles. The number of Topliss-reactive ketones (excluding diaryl/α,β-unsaturated/α-hetero) is 1. The minimum Gasteiger partial charge on any atom is -0.492 e. The second-order valence-electron chi connectivity index (χ2n) is 10.7. The molecule has 7 heteroatoms. The summed E-state index contributed by atoms with van der Waals surface area (Å²) in [5.41, 5.74) is 4.07. The van der Waals surface area contributed by atoms with Gasteiger partial charge in [0.25, 0.3) is 5.91 Å². The van der Waals surface area contributed by atoms with Gasteiger partial charge in [0.15, 0.2) is 5.78 Å². The van der Waals surface area contributed by atoms with E-state index in [4.69, 9.17) is 18.9 Å². The van der Waals surface area contributed by atoms with E-state index in [9.17, 15) is 9.59 Å². The van der Waals surface area contributed by atoms with E-state index in [1.807, 2.05) is 109 Å². The Balaban J connectivity index is 1.44. The number of benzene rings is 4. The van der Waals surface area contributed by atoms with Gasteiger partial charge in [0.2, 0.25) is 0 Å². The molecule has 0 aromatic heterocycles. The predicted molar refractivity (Wildman–Crippen MR) is 173 cm³/mol. The van der Waals surface area contributed by atoms with Crippen LogP contribution in [0, 0.1) is 0 Å². The maximum Gasteiger partial charge on any atom is 0.259 e. The molecule has 7 nitrogen and oxygen atoms in total. The molecule has 0 spiro atoms. The molecule has 0 fully saturated rings. The maximum absolute atomic E-state index is 13.3. The Bertz CT molecular complexity index is 1570. The van der Waals surface area contributed by atoms with Gasteiger partial charge in [0.05, 0.1) is 38.3 Å². The topological polar surface area (TPSA) is 83.1 Å². The number of amides is 1. The SMILES string of the molecule is CC(=O)/C(=C\C1=CO[C@H](COCc2ccccc2)[C@@H](OCc2ccccc2)[C@@H]1OCc1ccccc1)C(=O)Nc1ccccc1. The molecule has 230 valence electrons. The lowest BCUT2D eigenvalue weighted by atomic mass is 9.95. The lowest BCUT2D eigenvalue weighted by Crippen LogP contribution is -2.48. The van der Waals surface area contributed by atoms with Crippen LogP contribution in [0.25, 0.3) is 0 Å². The molecule has 1 amide bonds. The Morgan fingerprint density at radius 1 is 0.711 bits per heavy atom. The van der Waals surface area contributed by atoms with Gasteiger partial charge in [-0.3, -0.25) is 9.59 Å². The van der Waals surface area contributed by atoms with Crippen LogP contribution < -0.4 is 5.32 Å². The van der Waals surface area contributed by atoms with Crippen molar-refractivity contribution in [1.82, 2.24) is 0 Å². The van der Waals surface area contributed by atoms with Crippen LogP contribution in [0.2, 0.25) is 0 Å². The highest BCUT2D eigenvalue weighted by Gasteiger charge is 2.39. The summed E-state index contributed by atoms with van der Waals surface area (Å²) in [5, 5.41) is 2.81. The molecule has 45 heavy (non-hydrogen) atoms. The molecule has 1 aliphatic rings. The molecule has 5 rings (SSSR count). The minimum absolute atomic E-state index is 0.0254. The second-order valence-corrected chi connectivity index (χ2v) is 10.7. The summed E-state index contributed by atoms with van der Waals surface area (Å²) < 4.78 is 25.4. The third kappa shape index (κ3) is 9.33. The van der Waals surface area contributed by atoms with Crippen molar-refractivity contribution in [2.75, 3.05) is 11.9 Å². The molecule has 1 heterocycles. The Hall–Kier alpha value is -4.82. The molecule has 0 bridgehead atoms. The fourth-order valence-corrected chi connectivity index (χ4v) is 4.94. The van der Waals surface area contributed by atoms with Crippen molar-refractivity contribution in [3.05, 3.63) is 162 Å². The van der Waals surface area contributed by atoms with Crippen molar-refractivity contribution in [1.29, 1.82) is 0 Å². The van der Waals surface area contributed by atoms with Crippen LogP contribution in [-0.4, -0.2) is 36.6 Å². The number of nitrogens with one attached hydrogen (secondary N) is 1. The van der Waals surface area contributed by atoms with E-state index >= 15 is 0 Å². The van der Waals surface area contributed by atoms with Gasteiger partial charge in [-0.2, -0.15) is 0 Å². The fraction of sp³-hybridized carbons (Fsp3) is 0.211. The zero-order chi connectivity index (χ0) is 31.3. The monoisotopic (exact) mass is 603 g/mol. The van der Waals surface area contributed by atoms with Crippen LogP contribution >= 0.6 is 0 Å². The molecule has 0 saturated carbocycles. The summed E-state index contributed by atoms with van der Waals surface area (Å²) in [4.78, 5) is 26.1. The maximum atomic E-state index is 13.3. The largest absolute Gasteiger partial charge is 0.492 e. The van der Waals surface area contributed by atoms with Gasteiger partial charge in [0, 0.05) is 11.3 Å². The zero-order valence-electron chi connectivity index (χ0n) is 25.2. The lowest BCUT2D eigenvalue weighted by Gasteiger charge is -2.37. The van der Waals surface area contributed by atoms with Crippen molar-refractivity contribution >= 4 is 17.4 Å². The molecule has 3 atom stereocenters. The Morgan fingerprint density at radius 3 is 1.78 bits per heavy atom. The van der Waals surface area contributed by atoms with Crippen molar-refractivity contribution in [3.63, 3.8) is 0 Å². The van der Waals surface area contributed by atoms with E-state index in [2.05, 4.69) is 5.32 Å². The van der Waals surface area contributed by atoms with Crippen LogP contribution in [0.15, 0.2) is 145 Å². The van der Waals surface area contributed by atoms with Crippen LogP contribution in [0.1, 0.15) is 23.6 Å². The van der Waals surface area contributed by atoms with Gasteiger partial charge >= 0.3 is 0 Å². The number of hydrogen-bond donors (Lipinski definition) is 1. The van der Waals surface area contributed by atoms with Crippen molar-refractivity contribution in [2.45, 2.75) is 45.1 Å². The zero-order valence-corrected chi connectivity index (χ0v) is 25.2. The minimum atomic E-state index is -0.674. The summed E-state index contributed by atoms with van der Waals surface area (Å²) in [6, 6.07) is 38.6. The summed E-state index contributed by atoms with van der Waals surface area (Å²) in [7, 11) is 0. The Kier molecular flexibility index (Phi) is 11.5. The molecule has 0 saturated heterocycles. The van der Waals surface area contributed by atoms with Crippen molar-refractivity contribution in [2.24, 2.45) is 0 Å². The van der Waals surface area contributed by atoms with Gasteiger partial charge < -0.3 is 24.3 Å². The van der Waals surface area contributed by atoms with E-state index < -0.39 is 24.2 Å². The summed E-state index contributed by atoms with van der Waals surface area (Å²) in [5.74, 6) is -0.910. The van der Waals surface area contributed by atoms with E-state index in [1.165, 1.54) is 13.0 Å². The van der Waals surface area contributed by atoms with Crippen LogP contribution in [0.3, 0.4) is 0 Å². The summed E-state index contributed by atoms with van der Waals surface area (Å²) >= 11 is 0. The number of carbonyl (C=O) groups excluding carboxylic acids is 2. The van der Waals surface area contributed by atoms with Gasteiger partial charge in [0.1, 0.15) is 18.3 Å². The van der Waals surface area contributed by atoms with Gasteiger partial charge in [-0.15, -0.1) is 0 Å². The smallest absolute Gasteiger partial charge is 0.259 e. The number of ether oxygens (including phenoxy) is 4. The molecule has 0 radical (unpaired) electrons. The van der Waals surface area contributed by atoms with Gasteiger partial charge in [-0.1, -0.05) is 109 Å². The molecular formula is C38H37NO6. The first kappa shape index (κ1) is 31.6. The molecule has 0 aliphatic carbocycles. The molecular weight excluding hydrogens is 566 g/mol. The van der Waals surface area contributed by atoms with Crippen LogP contribution in [0.5, 0.6) is 0 Å². The van der Waals surface area contributed by atoms with Crippen molar-refractivity contribution in [3.8, 4) is 0 Å². The molecule has 4 aromatic rings. The highest BCUT2D eigenvalue weighted by Crippen LogP contribution is 2.29. The number of rotatable bonds is 14. The molecule has 1 N–H and O–H groups in total. The standard InChI is InChI=1S/C38H37NO6/c1-28(40)34(38(41)39-33-20-12-5-13-21-33)22-32-26-43-35(27-42-23-29-14-6-2-7-15-29)37(45-25-31-18-10-4-11-19-31)36(32)44-24-30-16-8-3-9-17-30/h2-22,26,35-37H,23-25,27H2,1H3,(H,39,41)/b34-22+/t35-,36-,37-/m1/s1. The highest BCUT2D eigenvalue weighted by atomic mass is 16.6. The number of ketones is 1. The summed E-state index contributed by atoms with van der Waals surface area (Å²) in [6.07, 6.45) is 1.27. The second kappa shape index (κ2) is 16.3. The van der Waals surface area contributed by atoms with Gasteiger partial charge in [-0.05, 0) is 41.8 Å². The number of anilines is 1. The molecule has 0 unspecified atom stereocenters. The average Bonchev–Trinajstić information content (AvgIpc) is 3.07. The number of hydrogen-bond acceptors (Lipinski definition) is 6. The lowest BCUT2D eigenvalue weighted by molar-refractivity contribution is -0.150.